The molecule has 2 heterocycles. The fraction of sp³-hybridized carbons (Fsp3) is 0.846. The topological polar surface area (TPSA) is 49.4 Å². The maximum absolute atomic E-state index is 12.8. The molecule has 2 saturated heterocycles. The maximum atomic E-state index is 12.8. The van der Waals surface area contributed by atoms with Gasteiger partial charge in [-0.25, -0.2) is 0 Å². The largest absolute Gasteiger partial charge is 0.342 e. The van der Waals surface area contributed by atoms with Crippen LogP contribution in [-0.2, 0) is 9.59 Å². The smallest absolute Gasteiger partial charge is 0.248 e. The van der Waals surface area contributed by atoms with Gasteiger partial charge in [-0.2, -0.15) is 11.8 Å². The third kappa shape index (κ3) is 2.02. The van der Waals surface area contributed by atoms with Crippen LogP contribution in [0, 0.1) is 5.92 Å². The van der Waals surface area contributed by atoms with Crippen molar-refractivity contribution in [3.63, 3.8) is 0 Å². The van der Waals surface area contributed by atoms with E-state index in [1.54, 1.807) is 0 Å². The van der Waals surface area contributed by atoms with Gasteiger partial charge in [-0.05, 0) is 37.9 Å². The van der Waals surface area contributed by atoms with Crippen LogP contribution in [0.25, 0.3) is 0 Å². The zero-order valence-electron chi connectivity index (χ0n) is 10.8. The lowest BCUT2D eigenvalue weighted by atomic mass is 9.93. The van der Waals surface area contributed by atoms with E-state index >= 15 is 0 Å². The highest BCUT2D eigenvalue weighted by atomic mass is 32.2. The van der Waals surface area contributed by atoms with Gasteiger partial charge in [0.25, 0.3) is 0 Å². The summed E-state index contributed by atoms with van der Waals surface area (Å²) < 4.78 is 0. The van der Waals surface area contributed by atoms with Crippen molar-refractivity contribution < 1.29 is 9.59 Å². The molecule has 1 N–H and O–H groups in total. The molecule has 1 saturated carbocycles. The summed E-state index contributed by atoms with van der Waals surface area (Å²) >= 11 is 1.91. The molecule has 2 atom stereocenters. The van der Waals surface area contributed by atoms with Crippen molar-refractivity contribution in [2.75, 3.05) is 18.1 Å². The van der Waals surface area contributed by atoms with Gasteiger partial charge in [0.05, 0.1) is 0 Å². The van der Waals surface area contributed by atoms with Gasteiger partial charge >= 0.3 is 0 Å². The van der Waals surface area contributed by atoms with Crippen molar-refractivity contribution in [1.82, 2.24) is 10.2 Å². The Morgan fingerprint density at radius 2 is 2.11 bits per heavy atom. The normalized spacial score (nSPS) is 37.6. The summed E-state index contributed by atoms with van der Waals surface area (Å²) in [5.41, 5.74) is -0.638. The summed E-state index contributed by atoms with van der Waals surface area (Å²) in [6.07, 6.45) is 3.66. The van der Waals surface area contributed by atoms with Crippen molar-refractivity contribution >= 4 is 23.6 Å². The summed E-state index contributed by atoms with van der Waals surface area (Å²) in [7, 11) is 0. The first kappa shape index (κ1) is 12.3. The van der Waals surface area contributed by atoms with Crippen LogP contribution in [0.3, 0.4) is 0 Å². The van der Waals surface area contributed by atoms with Crippen LogP contribution >= 0.6 is 11.8 Å². The van der Waals surface area contributed by atoms with Crippen LogP contribution in [-0.4, -0.2) is 46.3 Å². The molecular formula is C13H20N2O2S. The van der Waals surface area contributed by atoms with Gasteiger partial charge in [0.1, 0.15) is 5.54 Å². The fourth-order valence-electron chi connectivity index (χ4n) is 3.08. The van der Waals surface area contributed by atoms with Gasteiger partial charge in [0.15, 0.2) is 0 Å². The van der Waals surface area contributed by atoms with Crippen molar-refractivity contribution in [2.24, 2.45) is 5.92 Å². The second-order valence-corrected chi connectivity index (χ2v) is 6.94. The predicted molar refractivity (Wildman–Crippen MR) is 71.3 cm³/mol. The van der Waals surface area contributed by atoms with Crippen LogP contribution in [0.2, 0.25) is 0 Å². The van der Waals surface area contributed by atoms with Crippen LogP contribution < -0.4 is 5.32 Å². The Labute approximate surface area is 112 Å². The molecule has 3 fully saturated rings. The lowest BCUT2D eigenvalue weighted by Gasteiger charge is -2.35. The highest BCUT2D eigenvalue weighted by Crippen LogP contribution is 2.42. The van der Waals surface area contributed by atoms with Crippen LogP contribution in [0.15, 0.2) is 0 Å². The van der Waals surface area contributed by atoms with E-state index in [4.69, 9.17) is 0 Å². The van der Waals surface area contributed by atoms with E-state index < -0.39 is 5.54 Å². The van der Waals surface area contributed by atoms with E-state index in [1.807, 2.05) is 23.6 Å². The first-order valence-electron chi connectivity index (χ1n) is 6.81. The third-order valence-corrected chi connectivity index (χ3v) is 5.57. The molecule has 2 unspecified atom stereocenters. The molecule has 5 heteroatoms. The van der Waals surface area contributed by atoms with E-state index in [1.165, 1.54) is 0 Å². The number of nitrogens with one attached hydrogen (secondary N) is 1. The minimum absolute atomic E-state index is 0.0332. The van der Waals surface area contributed by atoms with Crippen molar-refractivity contribution in [3.05, 3.63) is 0 Å². The number of thioether (sulfide) groups is 1. The van der Waals surface area contributed by atoms with Crippen molar-refractivity contribution in [2.45, 2.75) is 44.2 Å². The fourth-order valence-corrected chi connectivity index (χ4v) is 4.31. The zero-order chi connectivity index (χ0) is 12.8. The lowest BCUT2D eigenvalue weighted by Crippen LogP contribution is -2.58. The van der Waals surface area contributed by atoms with E-state index in [2.05, 4.69) is 5.32 Å². The number of carbonyl (C=O) groups excluding carboxylic acids is 2. The molecular weight excluding hydrogens is 248 g/mol. The summed E-state index contributed by atoms with van der Waals surface area (Å²) in [5, 5.41) is 2.98. The Morgan fingerprint density at radius 3 is 2.72 bits per heavy atom. The molecule has 18 heavy (non-hydrogen) atoms. The van der Waals surface area contributed by atoms with E-state index in [0.717, 1.165) is 30.8 Å². The zero-order valence-corrected chi connectivity index (χ0v) is 11.6. The van der Waals surface area contributed by atoms with E-state index in [-0.39, 0.29) is 11.8 Å². The van der Waals surface area contributed by atoms with Crippen molar-refractivity contribution in [3.8, 4) is 0 Å². The number of hydrogen-bond donors (Lipinski definition) is 1. The number of rotatable bonds is 2. The summed E-state index contributed by atoms with van der Waals surface area (Å²) in [6, 6.07) is 0.341. The standard InChI is InChI=1S/C13H20N2O2S/c1-13(9-2-3-9)12(17)15(6-4-11(16)14-13)10-5-7-18-8-10/h9-10H,2-8H2,1H3,(H,14,16). The molecule has 4 nitrogen and oxygen atoms in total. The molecule has 2 amide bonds. The average Bonchev–Trinajstić information content (AvgIpc) is 3.08. The quantitative estimate of drug-likeness (QED) is 0.813. The average molecular weight is 268 g/mol. The molecule has 0 bridgehead atoms. The van der Waals surface area contributed by atoms with Gasteiger partial charge in [-0.15, -0.1) is 0 Å². The van der Waals surface area contributed by atoms with Gasteiger partial charge in [0, 0.05) is 24.8 Å². The molecule has 0 spiro atoms. The molecule has 0 aromatic rings. The summed E-state index contributed by atoms with van der Waals surface area (Å²) in [6.45, 7) is 2.52. The Hall–Kier alpha value is -0.710. The van der Waals surface area contributed by atoms with Gasteiger partial charge in [-0.3, -0.25) is 9.59 Å². The van der Waals surface area contributed by atoms with Crippen LogP contribution in [0.5, 0.6) is 0 Å². The Kier molecular flexibility index (Phi) is 3.04. The molecule has 0 aromatic carbocycles. The molecule has 3 aliphatic rings. The third-order valence-electron chi connectivity index (χ3n) is 4.42. The predicted octanol–water partition coefficient (Wildman–Crippen LogP) is 1.01. The van der Waals surface area contributed by atoms with Gasteiger partial charge in [0.2, 0.25) is 11.8 Å². The summed E-state index contributed by atoms with van der Waals surface area (Å²) in [5.74, 6) is 2.70. The Balaban J connectivity index is 1.85. The summed E-state index contributed by atoms with van der Waals surface area (Å²) in [4.78, 5) is 26.6. The lowest BCUT2D eigenvalue weighted by molar-refractivity contribution is -0.140. The molecule has 1 aliphatic carbocycles. The highest BCUT2D eigenvalue weighted by molar-refractivity contribution is 7.99. The van der Waals surface area contributed by atoms with E-state index in [0.29, 0.717) is 24.9 Å². The van der Waals surface area contributed by atoms with E-state index in [9.17, 15) is 9.59 Å². The monoisotopic (exact) mass is 268 g/mol. The Morgan fingerprint density at radius 1 is 1.33 bits per heavy atom. The highest BCUT2D eigenvalue weighted by Gasteiger charge is 2.52. The number of amides is 2. The van der Waals surface area contributed by atoms with Crippen LogP contribution in [0.1, 0.15) is 32.6 Å². The molecule has 0 aromatic heterocycles. The molecule has 100 valence electrons. The minimum Gasteiger partial charge on any atom is -0.342 e. The van der Waals surface area contributed by atoms with Crippen molar-refractivity contribution in [1.29, 1.82) is 0 Å². The van der Waals surface area contributed by atoms with Gasteiger partial charge < -0.3 is 10.2 Å². The first-order chi connectivity index (χ1) is 8.61. The second-order valence-electron chi connectivity index (χ2n) is 5.79. The maximum Gasteiger partial charge on any atom is 0.248 e. The molecule has 0 radical (unpaired) electrons. The SMILES string of the molecule is CC1(C2CC2)NC(=O)CCN(C2CCSC2)C1=O. The van der Waals surface area contributed by atoms with Gasteiger partial charge in [-0.1, -0.05) is 0 Å². The Bertz CT molecular complexity index is 377. The minimum atomic E-state index is -0.638. The number of nitrogens with zero attached hydrogens (tertiary/aromatic N) is 1. The number of hydrogen-bond acceptors (Lipinski definition) is 3. The molecule has 3 rings (SSSR count). The molecule has 2 aliphatic heterocycles. The second kappa shape index (κ2) is 4.44. The number of carbonyl (C=O) groups is 2. The first-order valence-corrected chi connectivity index (χ1v) is 7.96. The van der Waals surface area contributed by atoms with Crippen LogP contribution in [0.4, 0.5) is 0 Å².